The number of fused-ring (bicyclic) bond motifs is 1. The lowest BCUT2D eigenvalue weighted by Crippen LogP contribution is -2.19. The van der Waals surface area contributed by atoms with E-state index < -0.39 is 0 Å². The number of hydrogen-bond acceptors (Lipinski definition) is 7. The van der Waals surface area contributed by atoms with Gasteiger partial charge in [0.15, 0.2) is 0 Å². The first-order valence-corrected chi connectivity index (χ1v) is 7.20. The van der Waals surface area contributed by atoms with Crippen LogP contribution in [0.1, 0.15) is 11.8 Å². The van der Waals surface area contributed by atoms with Crippen molar-refractivity contribution in [1.29, 1.82) is 0 Å². The fourth-order valence-corrected chi connectivity index (χ4v) is 3.09. The summed E-state index contributed by atoms with van der Waals surface area (Å²) in [5.41, 5.74) is 0.920. The molecule has 3 aromatic rings. The van der Waals surface area contributed by atoms with Gasteiger partial charge in [0.05, 0.1) is 21.9 Å². The number of aromatic nitrogens is 4. The van der Waals surface area contributed by atoms with Gasteiger partial charge in [-0.25, -0.2) is 9.97 Å². The largest absolute Gasteiger partial charge is 0.424 e. The van der Waals surface area contributed by atoms with Crippen LogP contribution in [0.15, 0.2) is 20.5 Å². The van der Waals surface area contributed by atoms with Gasteiger partial charge in [-0.05, 0) is 15.9 Å². The summed E-state index contributed by atoms with van der Waals surface area (Å²) < 4.78 is 7.38. The minimum Gasteiger partial charge on any atom is -0.424 e. The first-order valence-electron chi connectivity index (χ1n) is 5.53. The van der Waals surface area contributed by atoms with Crippen LogP contribution in [-0.2, 0) is 6.54 Å². The van der Waals surface area contributed by atoms with Crippen molar-refractivity contribution in [1.82, 2.24) is 20.2 Å². The Morgan fingerprint density at radius 1 is 1.42 bits per heavy atom. The molecular weight excluding hydrogens is 330 g/mol. The third-order valence-electron chi connectivity index (χ3n) is 2.54. The van der Waals surface area contributed by atoms with Crippen molar-refractivity contribution in [3.05, 3.63) is 27.8 Å². The molecule has 0 unspecified atom stereocenters. The van der Waals surface area contributed by atoms with Crippen molar-refractivity contribution in [3.8, 4) is 0 Å². The fraction of sp³-hybridized carbons (Fsp3) is 0.273. The summed E-state index contributed by atoms with van der Waals surface area (Å²) in [6.45, 7) is 2.25. The summed E-state index contributed by atoms with van der Waals surface area (Å²) in [6.07, 6.45) is 1.82. The first-order chi connectivity index (χ1) is 9.13. The van der Waals surface area contributed by atoms with Gasteiger partial charge in [0, 0.05) is 19.4 Å². The number of nitrogens with zero attached hydrogens (tertiary/aromatic N) is 5. The number of hydrogen-bond donors (Lipinski definition) is 0. The maximum atomic E-state index is 5.35. The van der Waals surface area contributed by atoms with Crippen LogP contribution in [0.5, 0.6) is 0 Å². The SMILES string of the molecule is Cc1nnc(CN(C)c2ncc3scc(Br)c3n2)o1. The zero-order valence-corrected chi connectivity index (χ0v) is 12.7. The molecule has 0 bridgehead atoms. The Balaban J connectivity index is 1.88. The van der Waals surface area contributed by atoms with Crippen molar-refractivity contribution < 1.29 is 4.42 Å². The molecule has 0 amide bonds. The second kappa shape index (κ2) is 4.86. The van der Waals surface area contributed by atoms with Crippen LogP contribution >= 0.6 is 27.3 Å². The molecule has 98 valence electrons. The number of rotatable bonds is 3. The minimum absolute atomic E-state index is 0.480. The molecule has 6 nitrogen and oxygen atoms in total. The van der Waals surface area contributed by atoms with Gasteiger partial charge in [-0.15, -0.1) is 21.5 Å². The van der Waals surface area contributed by atoms with Crippen LogP contribution in [0.2, 0.25) is 0 Å². The molecule has 0 aliphatic rings. The van der Waals surface area contributed by atoms with E-state index in [9.17, 15) is 0 Å². The smallest absolute Gasteiger partial charge is 0.235 e. The van der Waals surface area contributed by atoms with Gasteiger partial charge in [-0.2, -0.15) is 0 Å². The highest BCUT2D eigenvalue weighted by Gasteiger charge is 2.12. The minimum atomic E-state index is 0.480. The molecule has 0 atom stereocenters. The number of aryl methyl sites for hydroxylation is 1. The summed E-state index contributed by atoms with van der Waals surface area (Å²) in [5.74, 6) is 1.73. The van der Waals surface area contributed by atoms with Gasteiger partial charge in [0.2, 0.25) is 17.7 Å². The Morgan fingerprint density at radius 3 is 3.00 bits per heavy atom. The highest BCUT2D eigenvalue weighted by Crippen LogP contribution is 2.29. The van der Waals surface area contributed by atoms with E-state index in [1.807, 2.05) is 23.5 Å². The van der Waals surface area contributed by atoms with E-state index in [0.29, 0.717) is 24.3 Å². The van der Waals surface area contributed by atoms with E-state index in [1.165, 1.54) is 0 Å². The summed E-state index contributed by atoms with van der Waals surface area (Å²) >= 11 is 5.09. The molecule has 3 aromatic heterocycles. The quantitative estimate of drug-likeness (QED) is 0.730. The molecule has 0 saturated carbocycles. The first kappa shape index (κ1) is 12.5. The Kier molecular flexibility index (Phi) is 3.19. The second-order valence-corrected chi connectivity index (χ2v) is 5.80. The molecule has 3 rings (SSSR count). The average Bonchev–Trinajstić information content (AvgIpc) is 2.96. The van der Waals surface area contributed by atoms with Crippen molar-refractivity contribution in [2.24, 2.45) is 0 Å². The van der Waals surface area contributed by atoms with Crippen LogP contribution in [0, 0.1) is 6.92 Å². The van der Waals surface area contributed by atoms with Gasteiger partial charge in [-0.3, -0.25) is 0 Å². The molecule has 0 spiro atoms. The Labute approximate surface area is 121 Å². The van der Waals surface area contributed by atoms with Gasteiger partial charge >= 0.3 is 0 Å². The molecule has 0 aliphatic heterocycles. The lowest BCUT2D eigenvalue weighted by atomic mass is 10.5. The molecular formula is C11H10BrN5OS. The van der Waals surface area contributed by atoms with Crippen molar-refractivity contribution in [2.75, 3.05) is 11.9 Å². The zero-order chi connectivity index (χ0) is 13.4. The topological polar surface area (TPSA) is 67.9 Å². The third kappa shape index (κ3) is 2.45. The monoisotopic (exact) mass is 339 g/mol. The van der Waals surface area contributed by atoms with E-state index in [4.69, 9.17) is 4.42 Å². The van der Waals surface area contributed by atoms with Crippen molar-refractivity contribution >= 4 is 43.4 Å². The summed E-state index contributed by atoms with van der Waals surface area (Å²) in [6, 6.07) is 0. The maximum Gasteiger partial charge on any atom is 0.235 e. The molecule has 0 aromatic carbocycles. The van der Waals surface area contributed by atoms with E-state index in [0.717, 1.165) is 14.7 Å². The fourth-order valence-electron chi connectivity index (χ4n) is 1.65. The van der Waals surface area contributed by atoms with Crippen LogP contribution in [0.3, 0.4) is 0 Å². The molecule has 19 heavy (non-hydrogen) atoms. The third-order valence-corrected chi connectivity index (χ3v) is 4.35. The number of thiophene rings is 1. The predicted octanol–water partition coefficient (Wildman–Crippen LogP) is 2.78. The maximum absolute atomic E-state index is 5.35. The van der Waals surface area contributed by atoms with Crippen molar-refractivity contribution in [2.45, 2.75) is 13.5 Å². The number of anilines is 1. The second-order valence-electron chi connectivity index (χ2n) is 4.04. The zero-order valence-electron chi connectivity index (χ0n) is 10.3. The van der Waals surface area contributed by atoms with Gasteiger partial charge < -0.3 is 9.32 Å². The highest BCUT2D eigenvalue weighted by atomic mass is 79.9. The van der Waals surface area contributed by atoms with Crippen LogP contribution in [-0.4, -0.2) is 27.2 Å². The van der Waals surface area contributed by atoms with Crippen molar-refractivity contribution in [3.63, 3.8) is 0 Å². The molecule has 0 saturated heterocycles. The Morgan fingerprint density at radius 2 is 2.26 bits per heavy atom. The highest BCUT2D eigenvalue weighted by molar-refractivity contribution is 9.10. The van der Waals surface area contributed by atoms with Gasteiger partial charge in [-0.1, -0.05) is 0 Å². The molecule has 8 heteroatoms. The van der Waals surface area contributed by atoms with E-state index >= 15 is 0 Å². The van der Waals surface area contributed by atoms with E-state index in [2.05, 4.69) is 36.1 Å². The van der Waals surface area contributed by atoms with Crippen LogP contribution in [0.4, 0.5) is 5.95 Å². The summed E-state index contributed by atoms with van der Waals surface area (Å²) in [5, 5.41) is 9.76. The lowest BCUT2D eigenvalue weighted by molar-refractivity contribution is 0.465. The number of halogens is 1. The lowest BCUT2D eigenvalue weighted by Gasteiger charge is -2.14. The summed E-state index contributed by atoms with van der Waals surface area (Å²) in [4.78, 5) is 10.7. The Bertz CT molecular complexity index is 725. The summed E-state index contributed by atoms with van der Waals surface area (Å²) in [7, 11) is 1.89. The molecule has 3 heterocycles. The molecule has 0 radical (unpaired) electrons. The average molecular weight is 340 g/mol. The molecule has 0 fully saturated rings. The van der Waals surface area contributed by atoms with Crippen LogP contribution in [0.25, 0.3) is 10.2 Å². The normalized spacial score (nSPS) is 11.1. The van der Waals surface area contributed by atoms with E-state index in [-0.39, 0.29) is 0 Å². The molecule has 0 aliphatic carbocycles. The standard InChI is InChI=1S/C11H10BrN5OS/c1-6-15-16-9(18-6)4-17(2)11-13-3-8-10(14-11)7(12)5-19-8/h3,5H,4H2,1-2H3. The predicted molar refractivity (Wildman–Crippen MR) is 76.3 cm³/mol. The van der Waals surface area contributed by atoms with Gasteiger partial charge in [0.25, 0.3) is 0 Å². The Hall–Kier alpha value is -1.54. The van der Waals surface area contributed by atoms with Crippen LogP contribution < -0.4 is 4.90 Å². The molecule has 0 N–H and O–H groups in total. The van der Waals surface area contributed by atoms with E-state index in [1.54, 1.807) is 18.3 Å². The van der Waals surface area contributed by atoms with Gasteiger partial charge in [0.1, 0.15) is 5.52 Å².